The summed E-state index contributed by atoms with van der Waals surface area (Å²) in [6.07, 6.45) is 2.77. The Labute approximate surface area is 171 Å². The highest BCUT2D eigenvalue weighted by Gasteiger charge is 2.25. The molecule has 29 heavy (non-hydrogen) atoms. The van der Waals surface area contributed by atoms with Crippen LogP contribution < -0.4 is 4.74 Å². The van der Waals surface area contributed by atoms with E-state index in [-0.39, 0.29) is 12.3 Å². The Bertz CT molecular complexity index is 1020. The van der Waals surface area contributed by atoms with E-state index in [4.69, 9.17) is 14.8 Å². The number of imidazole rings is 1. The number of carboxylic acids is 1. The highest BCUT2D eigenvalue weighted by Crippen LogP contribution is 2.37. The molecule has 0 saturated carbocycles. The van der Waals surface area contributed by atoms with Crippen LogP contribution in [0.1, 0.15) is 41.3 Å². The Kier molecular flexibility index (Phi) is 5.38. The van der Waals surface area contributed by atoms with E-state index in [0.29, 0.717) is 6.61 Å². The van der Waals surface area contributed by atoms with Gasteiger partial charge in [0, 0.05) is 24.7 Å². The van der Waals surface area contributed by atoms with Gasteiger partial charge in [0.2, 0.25) is 0 Å². The van der Waals surface area contributed by atoms with Crippen LogP contribution in [0.5, 0.6) is 5.75 Å². The molecule has 1 aliphatic rings. The Morgan fingerprint density at radius 1 is 1.24 bits per heavy atom. The van der Waals surface area contributed by atoms with Crippen molar-refractivity contribution in [2.45, 2.75) is 38.5 Å². The molecule has 0 bridgehead atoms. The van der Waals surface area contributed by atoms with Gasteiger partial charge in [-0.05, 0) is 48.9 Å². The summed E-state index contributed by atoms with van der Waals surface area (Å²) in [5.74, 6) is 1.21. The van der Waals surface area contributed by atoms with Crippen molar-refractivity contribution in [3.05, 3.63) is 71.0 Å². The SMILES string of the molecule is Cc1c(CCOc2ccc3c(c2)CC[C@H]3CC(=O)O)nc(-c2ccccc2)n1C. The molecule has 3 aromatic rings. The summed E-state index contributed by atoms with van der Waals surface area (Å²) in [5.41, 5.74) is 5.69. The first-order valence-electron chi connectivity index (χ1n) is 10.1. The molecule has 0 unspecified atom stereocenters. The van der Waals surface area contributed by atoms with Crippen LogP contribution in [0.25, 0.3) is 11.4 Å². The maximum absolute atomic E-state index is 11.0. The van der Waals surface area contributed by atoms with Gasteiger partial charge in [-0.2, -0.15) is 0 Å². The fourth-order valence-corrected chi connectivity index (χ4v) is 4.18. The predicted octanol–water partition coefficient (Wildman–Crippen LogP) is 4.52. The van der Waals surface area contributed by atoms with Crippen molar-refractivity contribution in [3.8, 4) is 17.1 Å². The summed E-state index contributed by atoms with van der Waals surface area (Å²) in [6.45, 7) is 2.65. The molecule has 1 aromatic heterocycles. The van der Waals surface area contributed by atoms with E-state index in [2.05, 4.69) is 29.7 Å². The summed E-state index contributed by atoms with van der Waals surface area (Å²) < 4.78 is 8.12. The molecule has 0 saturated heterocycles. The Morgan fingerprint density at radius 2 is 2.03 bits per heavy atom. The monoisotopic (exact) mass is 390 g/mol. The van der Waals surface area contributed by atoms with Gasteiger partial charge in [0.25, 0.3) is 0 Å². The van der Waals surface area contributed by atoms with Crippen LogP contribution in [-0.4, -0.2) is 27.2 Å². The summed E-state index contributed by atoms with van der Waals surface area (Å²) in [4.78, 5) is 15.9. The minimum Gasteiger partial charge on any atom is -0.493 e. The minimum absolute atomic E-state index is 0.129. The number of nitrogens with zero attached hydrogens (tertiary/aromatic N) is 2. The smallest absolute Gasteiger partial charge is 0.303 e. The lowest BCUT2D eigenvalue weighted by Gasteiger charge is -2.11. The number of benzene rings is 2. The quantitative estimate of drug-likeness (QED) is 0.644. The summed E-state index contributed by atoms with van der Waals surface area (Å²) >= 11 is 0. The van der Waals surface area contributed by atoms with Crippen molar-refractivity contribution in [1.82, 2.24) is 9.55 Å². The first-order valence-corrected chi connectivity index (χ1v) is 10.1. The molecule has 1 aliphatic carbocycles. The Morgan fingerprint density at radius 3 is 2.79 bits per heavy atom. The molecule has 0 fully saturated rings. The number of hydrogen-bond donors (Lipinski definition) is 1. The summed E-state index contributed by atoms with van der Waals surface area (Å²) in [6, 6.07) is 16.3. The first kappa shape index (κ1) is 19.2. The summed E-state index contributed by atoms with van der Waals surface area (Å²) in [7, 11) is 2.04. The number of carboxylic acid groups (broad SMARTS) is 1. The van der Waals surface area contributed by atoms with Gasteiger partial charge in [-0.1, -0.05) is 36.4 Å². The lowest BCUT2D eigenvalue weighted by molar-refractivity contribution is -0.137. The average molecular weight is 390 g/mol. The summed E-state index contributed by atoms with van der Waals surface area (Å²) in [5, 5.41) is 9.06. The third kappa shape index (κ3) is 4.04. The van der Waals surface area contributed by atoms with Gasteiger partial charge in [0.15, 0.2) is 0 Å². The van der Waals surface area contributed by atoms with Gasteiger partial charge < -0.3 is 14.4 Å². The molecule has 5 nitrogen and oxygen atoms in total. The zero-order valence-electron chi connectivity index (χ0n) is 16.9. The molecule has 5 heteroatoms. The van der Waals surface area contributed by atoms with E-state index in [1.165, 1.54) is 5.56 Å². The van der Waals surface area contributed by atoms with Crippen LogP contribution in [0.2, 0.25) is 0 Å². The molecule has 0 spiro atoms. The van der Waals surface area contributed by atoms with Crippen LogP contribution in [0.4, 0.5) is 0 Å². The number of aliphatic carboxylic acids is 1. The van der Waals surface area contributed by atoms with Crippen molar-refractivity contribution in [3.63, 3.8) is 0 Å². The third-order valence-electron chi connectivity index (χ3n) is 5.86. The second-order valence-electron chi connectivity index (χ2n) is 7.69. The standard InChI is InChI=1S/C24H26N2O3/c1-16-22(25-24(26(16)2)17-6-4-3-5-7-17)12-13-29-20-10-11-21-18(14-20)8-9-19(21)15-23(27)28/h3-7,10-11,14,19H,8-9,12-13,15H2,1-2H3,(H,27,28)/t19-/m0/s1. The van der Waals surface area contributed by atoms with Crippen LogP contribution in [0, 0.1) is 6.92 Å². The van der Waals surface area contributed by atoms with Gasteiger partial charge in [-0.15, -0.1) is 0 Å². The lowest BCUT2D eigenvalue weighted by atomic mass is 9.98. The molecule has 1 heterocycles. The zero-order chi connectivity index (χ0) is 20.4. The second-order valence-corrected chi connectivity index (χ2v) is 7.69. The van der Waals surface area contributed by atoms with E-state index in [9.17, 15) is 4.79 Å². The van der Waals surface area contributed by atoms with Crippen molar-refractivity contribution < 1.29 is 14.6 Å². The number of aryl methyl sites for hydroxylation is 1. The largest absolute Gasteiger partial charge is 0.493 e. The molecule has 1 N–H and O–H groups in total. The highest BCUT2D eigenvalue weighted by molar-refractivity contribution is 5.68. The zero-order valence-corrected chi connectivity index (χ0v) is 16.9. The maximum Gasteiger partial charge on any atom is 0.303 e. The highest BCUT2D eigenvalue weighted by atomic mass is 16.5. The number of fused-ring (bicyclic) bond motifs is 1. The van der Waals surface area contributed by atoms with Crippen molar-refractivity contribution in [1.29, 1.82) is 0 Å². The number of ether oxygens (including phenoxy) is 1. The van der Waals surface area contributed by atoms with Crippen LogP contribution in [0.3, 0.4) is 0 Å². The number of rotatable bonds is 7. The van der Waals surface area contributed by atoms with E-state index >= 15 is 0 Å². The molecule has 0 aliphatic heterocycles. The van der Waals surface area contributed by atoms with E-state index in [0.717, 1.165) is 53.4 Å². The van der Waals surface area contributed by atoms with E-state index in [1.807, 2.05) is 37.4 Å². The topological polar surface area (TPSA) is 64.3 Å². The van der Waals surface area contributed by atoms with Crippen molar-refractivity contribution in [2.75, 3.05) is 6.61 Å². The third-order valence-corrected chi connectivity index (χ3v) is 5.86. The van der Waals surface area contributed by atoms with Crippen molar-refractivity contribution in [2.24, 2.45) is 7.05 Å². The first-order chi connectivity index (χ1) is 14.0. The van der Waals surface area contributed by atoms with E-state index < -0.39 is 5.97 Å². The fraction of sp³-hybridized carbons (Fsp3) is 0.333. The Balaban J connectivity index is 1.41. The van der Waals surface area contributed by atoms with Crippen LogP contribution in [0.15, 0.2) is 48.5 Å². The lowest BCUT2D eigenvalue weighted by Crippen LogP contribution is -2.05. The molecule has 2 aromatic carbocycles. The van der Waals surface area contributed by atoms with E-state index in [1.54, 1.807) is 0 Å². The van der Waals surface area contributed by atoms with Gasteiger partial charge in [0.1, 0.15) is 11.6 Å². The second kappa shape index (κ2) is 8.11. The Hall–Kier alpha value is -3.08. The van der Waals surface area contributed by atoms with Gasteiger partial charge >= 0.3 is 5.97 Å². The average Bonchev–Trinajstić information content (AvgIpc) is 3.24. The maximum atomic E-state index is 11.0. The predicted molar refractivity (Wildman–Crippen MR) is 112 cm³/mol. The fourth-order valence-electron chi connectivity index (χ4n) is 4.18. The molecule has 0 radical (unpaired) electrons. The van der Waals surface area contributed by atoms with Gasteiger partial charge in [-0.3, -0.25) is 4.79 Å². The normalized spacial score (nSPS) is 15.3. The molecule has 0 amide bonds. The molecule has 4 rings (SSSR count). The van der Waals surface area contributed by atoms with Crippen molar-refractivity contribution >= 4 is 5.97 Å². The minimum atomic E-state index is -0.733. The van der Waals surface area contributed by atoms with Crippen LogP contribution >= 0.6 is 0 Å². The molecule has 1 atom stereocenters. The van der Waals surface area contributed by atoms with Gasteiger partial charge in [0.05, 0.1) is 18.7 Å². The number of carbonyl (C=O) groups is 1. The molecular formula is C24H26N2O3. The molecule has 150 valence electrons. The van der Waals surface area contributed by atoms with Crippen LogP contribution in [-0.2, 0) is 24.7 Å². The number of hydrogen-bond acceptors (Lipinski definition) is 3. The number of aromatic nitrogens is 2. The van der Waals surface area contributed by atoms with Gasteiger partial charge in [-0.25, -0.2) is 4.98 Å². The molecular weight excluding hydrogens is 364 g/mol.